The zero-order chi connectivity index (χ0) is 16.5. The largest absolute Gasteiger partial charge is 0.354 e. The first-order chi connectivity index (χ1) is 9.43. The van der Waals surface area contributed by atoms with E-state index in [2.05, 4.69) is 48.2 Å². The van der Waals surface area contributed by atoms with Gasteiger partial charge in [-0.15, -0.1) is 24.0 Å². The van der Waals surface area contributed by atoms with E-state index in [1.54, 1.807) is 7.05 Å². The summed E-state index contributed by atoms with van der Waals surface area (Å²) in [4.78, 5) is 18.4. The highest BCUT2D eigenvalue weighted by Gasteiger charge is 2.53. The van der Waals surface area contributed by atoms with Gasteiger partial charge in [0, 0.05) is 43.1 Å². The van der Waals surface area contributed by atoms with Crippen molar-refractivity contribution in [2.75, 3.05) is 26.7 Å². The monoisotopic (exact) mass is 424 g/mol. The Morgan fingerprint density at radius 3 is 2.00 bits per heavy atom. The molecule has 0 unspecified atom stereocenters. The van der Waals surface area contributed by atoms with Gasteiger partial charge in [0.2, 0.25) is 5.91 Å². The molecule has 1 heterocycles. The predicted molar refractivity (Wildman–Crippen MR) is 104 cm³/mol. The Morgan fingerprint density at radius 2 is 1.64 bits per heavy atom. The van der Waals surface area contributed by atoms with E-state index >= 15 is 0 Å². The smallest absolute Gasteiger partial charge is 0.225 e. The maximum Gasteiger partial charge on any atom is 0.225 e. The first kappa shape index (κ1) is 21.5. The number of guanidine groups is 1. The first-order valence-electron chi connectivity index (χ1n) is 7.70. The molecule has 1 amide bonds. The fourth-order valence-corrected chi connectivity index (χ4v) is 2.31. The average molecular weight is 424 g/mol. The molecule has 0 aromatic rings. The normalized spacial score (nSPS) is 19.8. The number of aliphatic imine (C=N–C) groups is 1. The summed E-state index contributed by atoms with van der Waals surface area (Å²) in [5, 5.41) is 6.27. The van der Waals surface area contributed by atoms with E-state index in [0.29, 0.717) is 13.1 Å². The molecule has 0 saturated carbocycles. The second-order valence-corrected chi connectivity index (χ2v) is 8.01. The molecule has 1 saturated heterocycles. The molecule has 1 rings (SSSR count). The van der Waals surface area contributed by atoms with Crippen LogP contribution in [0, 0.1) is 10.8 Å². The number of nitrogens with one attached hydrogen (secondary N) is 2. The second-order valence-electron chi connectivity index (χ2n) is 8.01. The van der Waals surface area contributed by atoms with Crippen molar-refractivity contribution < 1.29 is 4.79 Å². The van der Waals surface area contributed by atoms with Crippen molar-refractivity contribution >= 4 is 35.8 Å². The lowest BCUT2D eigenvalue weighted by Crippen LogP contribution is -2.72. The third-order valence-electron chi connectivity index (χ3n) is 4.73. The maximum atomic E-state index is 11.8. The van der Waals surface area contributed by atoms with Crippen LogP contribution in [0.25, 0.3) is 0 Å². The molecule has 0 spiro atoms. The van der Waals surface area contributed by atoms with Crippen LogP contribution in [0.4, 0.5) is 0 Å². The number of nitrogens with zero attached hydrogens (tertiary/aromatic N) is 2. The topological polar surface area (TPSA) is 56.7 Å². The number of rotatable bonds is 3. The molecule has 6 heteroatoms. The minimum atomic E-state index is -0.342. The molecular formula is C16H33IN4O. The Hall–Kier alpha value is -0.530. The third-order valence-corrected chi connectivity index (χ3v) is 4.73. The molecule has 5 nitrogen and oxygen atoms in total. The summed E-state index contributed by atoms with van der Waals surface area (Å²) in [6.45, 7) is 17.1. The van der Waals surface area contributed by atoms with E-state index in [4.69, 9.17) is 0 Å². The van der Waals surface area contributed by atoms with Gasteiger partial charge in [-0.05, 0) is 13.8 Å². The van der Waals surface area contributed by atoms with Crippen molar-refractivity contribution in [3.05, 3.63) is 0 Å². The van der Waals surface area contributed by atoms with Gasteiger partial charge in [-0.3, -0.25) is 9.79 Å². The van der Waals surface area contributed by atoms with Gasteiger partial charge in [0.05, 0.1) is 0 Å². The van der Waals surface area contributed by atoms with E-state index in [1.165, 1.54) is 0 Å². The number of likely N-dealkylation sites (tertiary alicyclic amines) is 1. The number of amides is 1. The van der Waals surface area contributed by atoms with E-state index in [0.717, 1.165) is 12.5 Å². The SMILES string of the molecule is CN=C(NCCNC(=O)C(C)(C)C)N1CC(C)(C)C1(C)C.I. The van der Waals surface area contributed by atoms with Crippen LogP contribution in [0.15, 0.2) is 4.99 Å². The first-order valence-corrected chi connectivity index (χ1v) is 7.70. The molecule has 1 aliphatic rings. The number of hydrogen-bond acceptors (Lipinski definition) is 2. The number of hydrogen-bond donors (Lipinski definition) is 2. The van der Waals surface area contributed by atoms with E-state index in [-0.39, 0.29) is 46.3 Å². The van der Waals surface area contributed by atoms with Crippen LogP contribution in [0.2, 0.25) is 0 Å². The standard InChI is InChI=1S/C16H32N4O.HI/c1-14(2,3)12(21)18-9-10-19-13(17-8)20-11-15(4,5)16(20,6)7;/h9-11H2,1-8H3,(H,17,19)(H,18,21);1H. The van der Waals surface area contributed by atoms with Gasteiger partial charge in [-0.2, -0.15) is 0 Å². The van der Waals surface area contributed by atoms with Crippen LogP contribution in [0.1, 0.15) is 48.5 Å². The minimum absolute atomic E-state index is 0. The highest BCUT2D eigenvalue weighted by Crippen LogP contribution is 2.46. The molecule has 0 aromatic carbocycles. The second kappa shape index (κ2) is 7.36. The molecule has 0 bridgehead atoms. The van der Waals surface area contributed by atoms with Gasteiger partial charge in [0.1, 0.15) is 0 Å². The predicted octanol–water partition coefficient (Wildman–Crippen LogP) is 2.46. The van der Waals surface area contributed by atoms with Crippen LogP contribution < -0.4 is 10.6 Å². The van der Waals surface area contributed by atoms with Gasteiger partial charge < -0.3 is 15.5 Å². The summed E-state index contributed by atoms with van der Waals surface area (Å²) in [6.07, 6.45) is 0. The van der Waals surface area contributed by atoms with Crippen LogP contribution in [0.3, 0.4) is 0 Å². The Labute approximate surface area is 152 Å². The Morgan fingerprint density at radius 1 is 1.14 bits per heavy atom. The fraction of sp³-hybridized carbons (Fsp3) is 0.875. The molecular weight excluding hydrogens is 391 g/mol. The molecule has 2 N–H and O–H groups in total. The summed E-state index contributed by atoms with van der Waals surface area (Å²) in [5.74, 6) is 0.981. The fourth-order valence-electron chi connectivity index (χ4n) is 2.31. The number of carbonyl (C=O) groups is 1. The molecule has 1 fully saturated rings. The van der Waals surface area contributed by atoms with Crippen molar-refractivity contribution in [2.45, 2.75) is 54.0 Å². The highest BCUT2D eigenvalue weighted by atomic mass is 127. The zero-order valence-corrected chi connectivity index (χ0v) is 17.7. The lowest BCUT2D eigenvalue weighted by molar-refractivity contribution is -0.128. The summed E-state index contributed by atoms with van der Waals surface area (Å²) < 4.78 is 0. The molecule has 0 radical (unpaired) electrons. The van der Waals surface area contributed by atoms with E-state index in [1.807, 2.05) is 20.8 Å². The van der Waals surface area contributed by atoms with E-state index < -0.39 is 0 Å². The summed E-state index contributed by atoms with van der Waals surface area (Å²) >= 11 is 0. The van der Waals surface area contributed by atoms with Gasteiger partial charge in [0.25, 0.3) is 0 Å². The number of halogens is 1. The molecule has 130 valence electrons. The lowest BCUT2D eigenvalue weighted by Gasteiger charge is -2.62. The quantitative estimate of drug-likeness (QED) is 0.317. The minimum Gasteiger partial charge on any atom is -0.354 e. The van der Waals surface area contributed by atoms with Crippen molar-refractivity contribution in [1.29, 1.82) is 0 Å². The Bertz CT molecular complexity index is 424. The molecule has 1 aliphatic heterocycles. The van der Waals surface area contributed by atoms with Crippen molar-refractivity contribution in [1.82, 2.24) is 15.5 Å². The molecule has 0 aromatic heterocycles. The van der Waals surface area contributed by atoms with Crippen LogP contribution >= 0.6 is 24.0 Å². The molecule has 22 heavy (non-hydrogen) atoms. The van der Waals surface area contributed by atoms with Crippen LogP contribution in [0.5, 0.6) is 0 Å². The van der Waals surface area contributed by atoms with Crippen molar-refractivity contribution in [3.63, 3.8) is 0 Å². The number of carbonyl (C=O) groups excluding carboxylic acids is 1. The van der Waals surface area contributed by atoms with Crippen LogP contribution in [-0.2, 0) is 4.79 Å². The van der Waals surface area contributed by atoms with Crippen molar-refractivity contribution in [3.8, 4) is 0 Å². The third kappa shape index (κ3) is 4.49. The summed E-state index contributed by atoms with van der Waals surface area (Å²) in [6, 6.07) is 0. The maximum absolute atomic E-state index is 11.8. The average Bonchev–Trinajstić information content (AvgIpc) is 2.35. The Balaban J connectivity index is 0.00000441. The van der Waals surface area contributed by atoms with Gasteiger partial charge in [-0.1, -0.05) is 34.6 Å². The summed E-state index contributed by atoms with van der Waals surface area (Å²) in [5.41, 5.74) is 0.0275. The molecule has 0 atom stereocenters. The van der Waals surface area contributed by atoms with Gasteiger partial charge in [0.15, 0.2) is 5.96 Å². The zero-order valence-electron chi connectivity index (χ0n) is 15.3. The van der Waals surface area contributed by atoms with Crippen LogP contribution in [-0.4, -0.2) is 49.0 Å². The van der Waals surface area contributed by atoms with Gasteiger partial charge in [-0.25, -0.2) is 0 Å². The molecule has 0 aliphatic carbocycles. The summed E-state index contributed by atoms with van der Waals surface area (Å²) in [7, 11) is 1.80. The lowest BCUT2D eigenvalue weighted by atomic mass is 9.65. The van der Waals surface area contributed by atoms with Crippen molar-refractivity contribution in [2.24, 2.45) is 15.8 Å². The van der Waals surface area contributed by atoms with E-state index in [9.17, 15) is 4.79 Å². The Kier molecular flexibility index (Phi) is 7.18. The highest BCUT2D eigenvalue weighted by molar-refractivity contribution is 14.0. The van der Waals surface area contributed by atoms with Gasteiger partial charge >= 0.3 is 0 Å².